The lowest BCUT2D eigenvalue weighted by Gasteiger charge is -2.05. The van der Waals surface area contributed by atoms with E-state index in [1.165, 1.54) is 0 Å². The summed E-state index contributed by atoms with van der Waals surface area (Å²) in [4.78, 5) is 12.1. The average molecular weight is 290 g/mol. The van der Waals surface area contributed by atoms with Gasteiger partial charge < -0.3 is 5.32 Å². The highest BCUT2D eigenvalue weighted by Gasteiger charge is 2.08. The lowest BCUT2D eigenvalue weighted by molar-refractivity contribution is -0.117. The van der Waals surface area contributed by atoms with E-state index in [1.807, 2.05) is 68.4 Å². The maximum Gasteiger partial charge on any atom is 0.262 e. The number of nitrogens with one attached hydrogen (secondary N) is 1. The van der Waals surface area contributed by atoms with Gasteiger partial charge in [0.25, 0.3) is 5.91 Å². The third-order valence-corrected chi connectivity index (χ3v) is 3.29. The summed E-state index contributed by atoms with van der Waals surface area (Å²) in [5, 5.41) is 12.0. The highest BCUT2D eigenvalue weighted by Crippen LogP contribution is 2.09. The molecule has 0 radical (unpaired) electrons. The van der Waals surface area contributed by atoms with Gasteiger partial charge in [0.1, 0.15) is 11.6 Å². The van der Waals surface area contributed by atoms with Crippen LogP contribution in [0.1, 0.15) is 22.3 Å². The van der Waals surface area contributed by atoms with E-state index in [0.717, 1.165) is 22.3 Å². The van der Waals surface area contributed by atoms with E-state index in [2.05, 4.69) is 5.32 Å². The number of hydrogen-bond acceptors (Lipinski definition) is 2. The Bertz CT molecular complexity index is 737. The molecule has 0 spiro atoms. The number of nitrogens with zero attached hydrogens (tertiary/aromatic N) is 1. The van der Waals surface area contributed by atoms with Crippen LogP contribution >= 0.6 is 0 Å². The van der Waals surface area contributed by atoms with Crippen molar-refractivity contribution in [1.82, 2.24) is 5.32 Å². The smallest absolute Gasteiger partial charge is 0.262 e. The van der Waals surface area contributed by atoms with E-state index in [1.54, 1.807) is 6.08 Å². The highest BCUT2D eigenvalue weighted by molar-refractivity contribution is 6.01. The van der Waals surface area contributed by atoms with E-state index < -0.39 is 0 Å². The molecule has 1 amide bonds. The van der Waals surface area contributed by atoms with E-state index >= 15 is 0 Å². The molecule has 0 aliphatic rings. The summed E-state index contributed by atoms with van der Waals surface area (Å²) in [5.74, 6) is -0.357. The predicted octanol–water partition coefficient (Wildman–Crippen LogP) is 3.53. The lowest BCUT2D eigenvalue weighted by Crippen LogP contribution is -2.23. The second-order valence-corrected chi connectivity index (χ2v) is 5.25. The molecule has 2 aromatic carbocycles. The van der Waals surface area contributed by atoms with Crippen molar-refractivity contribution in [2.75, 3.05) is 0 Å². The summed E-state index contributed by atoms with van der Waals surface area (Å²) in [5.41, 5.74) is 4.24. The molecule has 0 aliphatic heterocycles. The Hall–Kier alpha value is -2.86. The summed E-state index contributed by atoms with van der Waals surface area (Å²) < 4.78 is 0. The van der Waals surface area contributed by atoms with Gasteiger partial charge in [-0.15, -0.1) is 0 Å². The maximum atomic E-state index is 12.1. The predicted molar refractivity (Wildman–Crippen MR) is 87.8 cm³/mol. The average Bonchev–Trinajstić information content (AvgIpc) is 2.52. The number of carbonyl (C=O) groups excluding carboxylic acids is 1. The van der Waals surface area contributed by atoms with Crippen molar-refractivity contribution in [2.45, 2.75) is 20.4 Å². The molecular formula is C19H18N2O. The number of rotatable bonds is 4. The Morgan fingerprint density at radius 3 is 2.50 bits per heavy atom. The normalized spacial score (nSPS) is 10.9. The SMILES string of the molecule is Cc1ccc(/C=C(\C#N)C(=O)NCc2cccc(C)c2)cc1. The van der Waals surface area contributed by atoms with E-state index in [0.29, 0.717) is 6.54 Å². The second-order valence-electron chi connectivity index (χ2n) is 5.25. The first-order valence-corrected chi connectivity index (χ1v) is 7.10. The summed E-state index contributed by atoms with van der Waals surface area (Å²) in [6, 6.07) is 17.5. The first-order chi connectivity index (χ1) is 10.6. The van der Waals surface area contributed by atoms with Gasteiger partial charge >= 0.3 is 0 Å². The monoisotopic (exact) mass is 290 g/mol. The second kappa shape index (κ2) is 7.24. The third kappa shape index (κ3) is 4.32. The molecular weight excluding hydrogens is 272 g/mol. The van der Waals surface area contributed by atoms with Crippen molar-refractivity contribution < 1.29 is 4.79 Å². The molecule has 3 heteroatoms. The Balaban J connectivity index is 2.06. The minimum Gasteiger partial charge on any atom is -0.347 e. The van der Waals surface area contributed by atoms with E-state index in [9.17, 15) is 10.1 Å². The number of benzene rings is 2. The van der Waals surface area contributed by atoms with Gasteiger partial charge in [-0.25, -0.2) is 0 Å². The molecule has 2 aromatic rings. The van der Waals surface area contributed by atoms with Crippen molar-refractivity contribution in [3.63, 3.8) is 0 Å². The molecule has 0 atom stereocenters. The first-order valence-electron chi connectivity index (χ1n) is 7.10. The minimum atomic E-state index is -0.357. The number of hydrogen-bond donors (Lipinski definition) is 1. The van der Waals surface area contributed by atoms with Gasteiger partial charge in [0.05, 0.1) is 0 Å². The van der Waals surface area contributed by atoms with Crippen LogP contribution in [-0.2, 0) is 11.3 Å². The third-order valence-electron chi connectivity index (χ3n) is 3.29. The summed E-state index contributed by atoms with van der Waals surface area (Å²) in [6.45, 7) is 4.41. The van der Waals surface area contributed by atoms with Crippen molar-refractivity contribution >= 4 is 12.0 Å². The molecule has 0 saturated heterocycles. The number of aryl methyl sites for hydroxylation is 2. The van der Waals surface area contributed by atoms with Gasteiger partial charge in [-0.2, -0.15) is 5.26 Å². The Morgan fingerprint density at radius 2 is 1.86 bits per heavy atom. The molecule has 110 valence electrons. The maximum absolute atomic E-state index is 12.1. The molecule has 1 N–H and O–H groups in total. The zero-order chi connectivity index (χ0) is 15.9. The highest BCUT2D eigenvalue weighted by atomic mass is 16.1. The van der Waals surface area contributed by atoms with Gasteiger partial charge in [-0.05, 0) is 31.1 Å². The van der Waals surface area contributed by atoms with Crippen LogP contribution in [0.25, 0.3) is 6.08 Å². The van der Waals surface area contributed by atoms with Crippen molar-refractivity contribution in [3.8, 4) is 6.07 Å². The number of carbonyl (C=O) groups is 1. The molecule has 3 nitrogen and oxygen atoms in total. The standard InChI is InChI=1S/C19H18N2O/c1-14-6-8-16(9-7-14)11-18(12-20)19(22)21-13-17-5-3-4-15(2)10-17/h3-11H,13H2,1-2H3,(H,21,22)/b18-11+. The van der Waals surface area contributed by atoms with Crippen LogP contribution in [0.3, 0.4) is 0 Å². The van der Waals surface area contributed by atoms with Gasteiger partial charge in [0, 0.05) is 6.54 Å². The van der Waals surface area contributed by atoms with Crippen molar-refractivity contribution in [2.24, 2.45) is 0 Å². The van der Waals surface area contributed by atoms with Crippen LogP contribution in [0.15, 0.2) is 54.1 Å². The molecule has 22 heavy (non-hydrogen) atoms. The van der Waals surface area contributed by atoms with Crippen LogP contribution < -0.4 is 5.32 Å². The van der Waals surface area contributed by atoms with Crippen LogP contribution in [0.4, 0.5) is 0 Å². The molecule has 0 unspecified atom stereocenters. The van der Waals surface area contributed by atoms with Crippen molar-refractivity contribution in [3.05, 3.63) is 76.4 Å². The van der Waals surface area contributed by atoms with E-state index in [-0.39, 0.29) is 11.5 Å². The molecule has 0 aromatic heterocycles. The fraction of sp³-hybridized carbons (Fsp3) is 0.158. The Morgan fingerprint density at radius 1 is 1.14 bits per heavy atom. The van der Waals surface area contributed by atoms with Crippen LogP contribution in [0.5, 0.6) is 0 Å². The molecule has 0 aliphatic carbocycles. The van der Waals surface area contributed by atoms with Crippen LogP contribution in [-0.4, -0.2) is 5.91 Å². The quantitative estimate of drug-likeness (QED) is 0.692. The summed E-state index contributed by atoms with van der Waals surface area (Å²) in [6.07, 6.45) is 1.60. The van der Waals surface area contributed by atoms with Crippen LogP contribution in [0, 0.1) is 25.2 Å². The molecule has 0 heterocycles. The Labute approximate surface area is 130 Å². The fourth-order valence-electron chi connectivity index (χ4n) is 2.08. The summed E-state index contributed by atoms with van der Waals surface area (Å²) >= 11 is 0. The number of nitriles is 1. The zero-order valence-electron chi connectivity index (χ0n) is 12.8. The van der Waals surface area contributed by atoms with Gasteiger partial charge in [0.2, 0.25) is 0 Å². The van der Waals surface area contributed by atoms with Crippen molar-refractivity contribution in [1.29, 1.82) is 5.26 Å². The molecule has 2 rings (SSSR count). The van der Waals surface area contributed by atoms with E-state index in [4.69, 9.17) is 0 Å². The Kier molecular flexibility index (Phi) is 5.11. The van der Waals surface area contributed by atoms with Crippen LogP contribution in [0.2, 0.25) is 0 Å². The largest absolute Gasteiger partial charge is 0.347 e. The summed E-state index contributed by atoms with van der Waals surface area (Å²) in [7, 11) is 0. The van der Waals surface area contributed by atoms with Gasteiger partial charge in [0.15, 0.2) is 0 Å². The number of amides is 1. The lowest BCUT2D eigenvalue weighted by atomic mass is 10.1. The van der Waals surface area contributed by atoms with Gasteiger partial charge in [-0.3, -0.25) is 4.79 Å². The van der Waals surface area contributed by atoms with Gasteiger partial charge in [-0.1, -0.05) is 59.7 Å². The topological polar surface area (TPSA) is 52.9 Å². The zero-order valence-corrected chi connectivity index (χ0v) is 12.8. The fourth-order valence-corrected chi connectivity index (χ4v) is 2.08. The molecule has 0 fully saturated rings. The first kappa shape index (κ1) is 15.5. The molecule has 0 bridgehead atoms. The molecule has 0 saturated carbocycles. The minimum absolute atomic E-state index is 0.108.